The quantitative estimate of drug-likeness (QED) is 0.159. The number of hydrogen-bond donors (Lipinski definition) is 0. The summed E-state index contributed by atoms with van der Waals surface area (Å²) in [6.45, 7) is 0. The monoisotopic (exact) mass is 750 g/mol. The smallest absolute Gasteiger partial charge is 0.171 e. The minimum atomic E-state index is -6.36. The topological polar surface area (TPSA) is 34.1 Å². The van der Waals surface area contributed by atoms with Crippen molar-refractivity contribution in [1.82, 2.24) is 0 Å². The van der Waals surface area contributed by atoms with Gasteiger partial charge in [0.05, 0.1) is 52.0 Å². The lowest BCUT2D eigenvalue weighted by molar-refractivity contribution is 0.591. The number of benzene rings is 8. The molecule has 8 aromatic carbocycles. The molecule has 0 aliphatic heterocycles. The highest BCUT2D eigenvalue weighted by Crippen LogP contribution is 2.63. The van der Waals surface area contributed by atoms with Crippen molar-refractivity contribution in [2.75, 3.05) is 0 Å². The molecular formula is C49H34O2P2. The Labute approximate surface area is 358 Å². The molecule has 1 spiro atoms. The van der Waals surface area contributed by atoms with Gasteiger partial charge in [0.25, 0.3) is 0 Å². The lowest BCUT2D eigenvalue weighted by Gasteiger charge is -2.32. The van der Waals surface area contributed by atoms with Crippen LogP contribution in [0.3, 0.4) is 0 Å². The van der Waals surface area contributed by atoms with E-state index in [2.05, 4.69) is 0 Å². The standard InChI is InChI=1S/C49H34O2P2/c50-52(35-17-5-1-6-18-35,36-19-7-2-8-20-36)39-29-31-43-41-25-13-15-27-45(41)49(47(43)33-39)46-28-16-14-26-42(46)44-32-30-40(34-48(44)49)53(51,37-21-9-3-10-22-37)38-23-11-4-12-24-38/h1-34H/i1D,2D,3D,4D,5D,6D,7D,8D,9D,10D,11D,12D,13D,14D,15D,16D,17D,18D,19D,20D,21D,22D,23D,24D,25D,26D,27D,28D,29D,30D,31D,32D,33D,34D. The van der Waals surface area contributed by atoms with Crippen molar-refractivity contribution in [1.29, 1.82) is 0 Å². The van der Waals surface area contributed by atoms with Crippen molar-refractivity contribution in [2.24, 2.45) is 0 Å². The zero-order valence-corrected chi connectivity index (χ0v) is 28.0. The van der Waals surface area contributed by atoms with Crippen LogP contribution < -0.4 is 31.8 Å². The van der Waals surface area contributed by atoms with Gasteiger partial charge in [0.2, 0.25) is 0 Å². The van der Waals surface area contributed by atoms with Crippen molar-refractivity contribution in [3.8, 4) is 22.3 Å². The van der Waals surface area contributed by atoms with Gasteiger partial charge >= 0.3 is 0 Å². The van der Waals surface area contributed by atoms with E-state index in [0.29, 0.717) is 0 Å². The third kappa shape index (κ3) is 4.47. The second-order valence-corrected chi connectivity index (χ2v) is 16.4. The van der Waals surface area contributed by atoms with Crippen LogP contribution in [0.4, 0.5) is 0 Å². The van der Waals surface area contributed by atoms with E-state index in [1.54, 1.807) is 0 Å². The van der Waals surface area contributed by atoms with E-state index >= 15 is 9.13 Å². The zero-order valence-electron chi connectivity index (χ0n) is 60.2. The maximum atomic E-state index is 17.3. The van der Waals surface area contributed by atoms with Crippen LogP contribution in [0.25, 0.3) is 22.3 Å². The third-order valence-corrected chi connectivity index (χ3v) is 13.9. The van der Waals surface area contributed by atoms with Gasteiger partial charge in [-0.1, -0.05) is 193 Å². The molecule has 4 heteroatoms. The molecule has 0 saturated heterocycles. The van der Waals surface area contributed by atoms with Gasteiger partial charge < -0.3 is 9.13 Å². The summed E-state index contributed by atoms with van der Waals surface area (Å²) >= 11 is 0. The second-order valence-electron chi connectivity index (χ2n) is 11.3. The average molecular weight is 751 g/mol. The summed E-state index contributed by atoms with van der Waals surface area (Å²) in [5.74, 6) is 0. The second kappa shape index (κ2) is 12.1. The molecule has 0 saturated carbocycles. The molecule has 2 aliphatic rings. The summed E-state index contributed by atoms with van der Waals surface area (Å²) in [4.78, 5) is 0. The Kier molecular flexibility index (Phi) is 2.84. The number of hydrogen-bond acceptors (Lipinski definition) is 2. The molecule has 0 heterocycles. The minimum absolute atomic E-state index is 0.969. The largest absolute Gasteiger partial charge is 0.309 e. The van der Waals surface area contributed by atoms with Crippen molar-refractivity contribution in [3.05, 3.63) is 228 Å². The minimum Gasteiger partial charge on any atom is -0.309 e. The normalized spacial score (nSPS) is 22.6. The van der Waals surface area contributed by atoms with Crippen LogP contribution in [0, 0.1) is 0 Å². The average Bonchev–Trinajstić information content (AvgIpc) is 1.49. The molecule has 53 heavy (non-hydrogen) atoms. The molecule has 0 fully saturated rings. The van der Waals surface area contributed by atoms with E-state index < -0.39 is 301 Å². The molecule has 0 radical (unpaired) electrons. The van der Waals surface area contributed by atoms with E-state index in [4.69, 9.17) is 32.9 Å². The molecule has 0 amide bonds. The first-order valence-corrected chi connectivity index (χ1v) is 18.6. The summed E-state index contributed by atoms with van der Waals surface area (Å²) in [6, 6.07) is -45.5. The molecule has 0 aromatic heterocycles. The lowest BCUT2D eigenvalue weighted by Crippen LogP contribution is -2.31. The van der Waals surface area contributed by atoms with Crippen LogP contribution in [0.15, 0.2) is 205 Å². The maximum Gasteiger partial charge on any atom is 0.171 e. The Morgan fingerprint density at radius 2 is 0.585 bits per heavy atom. The molecule has 252 valence electrons. The molecule has 8 aromatic rings. The first-order chi connectivity index (χ1) is 40.2. The first-order valence-electron chi connectivity index (χ1n) is 32.2. The van der Waals surface area contributed by atoms with Gasteiger partial charge in [-0.05, 0) is 56.6 Å². The van der Waals surface area contributed by atoms with Crippen molar-refractivity contribution in [2.45, 2.75) is 5.41 Å². The highest BCUT2D eigenvalue weighted by molar-refractivity contribution is 7.85. The summed E-state index contributed by atoms with van der Waals surface area (Å²) in [7, 11) is -12.7. The Morgan fingerprint density at radius 3 is 0.925 bits per heavy atom. The Hall–Kier alpha value is -5.78. The number of rotatable bonds is 6. The van der Waals surface area contributed by atoms with Gasteiger partial charge in [-0.15, -0.1) is 0 Å². The van der Waals surface area contributed by atoms with Crippen molar-refractivity contribution >= 4 is 46.1 Å². The fraction of sp³-hybridized carbons (Fsp3) is 0.0204. The van der Waals surface area contributed by atoms with Crippen LogP contribution in [0.2, 0.25) is 0 Å². The molecular weight excluding hydrogens is 682 g/mol. The Bertz CT molecular complexity index is 4210. The summed E-state index contributed by atoms with van der Waals surface area (Å²) in [5, 5.41) is -9.04. The van der Waals surface area contributed by atoms with E-state index in [1.165, 1.54) is 0 Å². The van der Waals surface area contributed by atoms with Gasteiger partial charge in [-0.2, -0.15) is 0 Å². The fourth-order valence-corrected chi connectivity index (χ4v) is 10.6. The van der Waals surface area contributed by atoms with Gasteiger partial charge in [-0.25, -0.2) is 0 Å². The predicted molar refractivity (Wildman–Crippen MR) is 222 cm³/mol. The van der Waals surface area contributed by atoms with Crippen molar-refractivity contribution < 1.29 is 55.7 Å². The van der Waals surface area contributed by atoms with Gasteiger partial charge in [0.1, 0.15) is 0 Å². The first kappa shape index (κ1) is 12.4. The van der Waals surface area contributed by atoms with E-state index in [9.17, 15) is 13.7 Å². The van der Waals surface area contributed by atoms with Crippen LogP contribution in [0.5, 0.6) is 0 Å². The molecule has 2 aliphatic carbocycles. The summed E-state index contributed by atoms with van der Waals surface area (Å²) in [5.41, 5.74) is -12.2. The van der Waals surface area contributed by atoms with Gasteiger partial charge in [0.15, 0.2) is 14.3 Å². The predicted octanol–water partition coefficient (Wildman–Crippen LogP) is 9.31. The van der Waals surface area contributed by atoms with Crippen molar-refractivity contribution in [3.63, 3.8) is 0 Å². The zero-order chi connectivity index (χ0) is 65.2. The fourth-order valence-electron chi connectivity index (χ4n) is 6.63. The van der Waals surface area contributed by atoms with Crippen LogP contribution in [-0.2, 0) is 14.5 Å². The lowest BCUT2D eigenvalue weighted by atomic mass is 9.70. The molecule has 2 nitrogen and oxygen atoms in total. The molecule has 0 atom stereocenters. The maximum absolute atomic E-state index is 17.3. The summed E-state index contributed by atoms with van der Waals surface area (Å²) < 4.78 is 346. The highest BCUT2D eigenvalue weighted by Gasteiger charge is 2.52. The Morgan fingerprint density at radius 1 is 0.302 bits per heavy atom. The SMILES string of the molecule is [2H]c1c([2H])c([2H])c(P(=O)(c2c([2H])c([2H])c([2H])c([2H])c2[2H])c2c([2H])c([2H])c3c(c2[2H])C2(c4c([2H])c([2H])c([2H])c([2H])c4-3)c3c([2H])c([2H])c([2H])c([2H])c3-c3c([2H])c([2H])c(P(=O)(c4c([2H])c([2H])c([2H])c([2H])c4[2H])c4c([2H])c([2H])c([2H])c([2H])c4[2H])c([2H])c32)c([2H])c1[2H]. The molecule has 10 rings (SSSR count). The van der Waals surface area contributed by atoms with Gasteiger partial charge in [0, 0.05) is 31.8 Å². The number of fused-ring (bicyclic) bond motifs is 10. The van der Waals surface area contributed by atoms with Crippen LogP contribution >= 0.6 is 14.3 Å². The molecule has 0 N–H and O–H groups in total. The van der Waals surface area contributed by atoms with Crippen LogP contribution in [-0.4, -0.2) is 0 Å². The van der Waals surface area contributed by atoms with E-state index in [1.807, 2.05) is 0 Å². The van der Waals surface area contributed by atoms with E-state index in [0.717, 1.165) is 0 Å². The molecule has 0 unspecified atom stereocenters. The third-order valence-electron chi connectivity index (χ3n) is 8.81. The summed E-state index contributed by atoms with van der Waals surface area (Å²) in [6.07, 6.45) is 0. The van der Waals surface area contributed by atoms with Gasteiger partial charge in [-0.3, -0.25) is 0 Å². The Balaban J connectivity index is 1.59. The molecule has 0 bridgehead atoms. The van der Waals surface area contributed by atoms with Crippen LogP contribution in [0.1, 0.15) is 68.9 Å². The van der Waals surface area contributed by atoms with E-state index in [-0.39, 0.29) is 0 Å². The highest BCUT2D eigenvalue weighted by atomic mass is 31.2.